The van der Waals surface area contributed by atoms with Gasteiger partial charge in [0.15, 0.2) is 12.0 Å². The number of aromatic nitrogens is 1. The van der Waals surface area contributed by atoms with Crippen molar-refractivity contribution in [1.82, 2.24) is 4.98 Å². The predicted molar refractivity (Wildman–Crippen MR) is 65.6 cm³/mol. The SMILES string of the molecule is O=Cc1c(O)cccc1O.O=c1[nH]ccc(O)c1O. The minimum Gasteiger partial charge on any atom is -0.507 e. The average molecular weight is 265 g/mol. The Kier molecular flexibility index (Phi) is 4.53. The zero-order valence-electron chi connectivity index (χ0n) is 9.57. The van der Waals surface area contributed by atoms with Gasteiger partial charge in [-0.25, -0.2) is 0 Å². The van der Waals surface area contributed by atoms with Crippen LogP contribution < -0.4 is 5.56 Å². The highest BCUT2D eigenvalue weighted by Crippen LogP contribution is 2.23. The number of phenolic OH excluding ortho intramolecular Hbond substituents is 2. The molecule has 0 saturated heterocycles. The van der Waals surface area contributed by atoms with E-state index in [1.54, 1.807) is 0 Å². The summed E-state index contributed by atoms with van der Waals surface area (Å²) in [6.45, 7) is 0. The molecule has 0 unspecified atom stereocenters. The summed E-state index contributed by atoms with van der Waals surface area (Å²) in [4.78, 5) is 22.7. The van der Waals surface area contributed by atoms with Crippen LogP contribution in [-0.4, -0.2) is 31.7 Å². The molecule has 100 valence electrons. The van der Waals surface area contributed by atoms with Crippen LogP contribution in [0.25, 0.3) is 0 Å². The van der Waals surface area contributed by atoms with E-state index in [0.29, 0.717) is 6.29 Å². The molecule has 0 radical (unpaired) electrons. The molecule has 7 nitrogen and oxygen atoms in total. The van der Waals surface area contributed by atoms with Crippen molar-refractivity contribution in [3.05, 3.63) is 46.4 Å². The van der Waals surface area contributed by atoms with Crippen LogP contribution in [0, 0.1) is 0 Å². The highest BCUT2D eigenvalue weighted by atomic mass is 16.3. The van der Waals surface area contributed by atoms with E-state index in [9.17, 15) is 9.59 Å². The third-order valence-corrected chi connectivity index (χ3v) is 2.09. The minimum atomic E-state index is -0.685. The van der Waals surface area contributed by atoms with Gasteiger partial charge in [0.2, 0.25) is 5.75 Å². The summed E-state index contributed by atoms with van der Waals surface area (Å²) >= 11 is 0. The van der Waals surface area contributed by atoms with E-state index in [1.165, 1.54) is 30.5 Å². The van der Waals surface area contributed by atoms with Gasteiger partial charge in [0, 0.05) is 12.3 Å². The molecule has 0 amide bonds. The van der Waals surface area contributed by atoms with Gasteiger partial charge >= 0.3 is 0 Å². The number of carbonyl (C=O) groups is 1. The second kappa shape index (κ2) is 6.10. The number of nitrogens with one attached hydrogen (secondary N) is 1. The van der Waals surface area contributed by atoms with E-state index in [-0.39, 0.29) is 17.1 Å². The summed E-state index contributed by atoms with van der Waals surface area (Å²) in [5.74, 6) is -1.44. The maximum absolute atomic E-state index is 10.4. The normalized spacial score (nSPS) is 9.26. The fraction of sp³-hybridized carbons (Fsp3) is 0. The van der Waals surface area contributed by atoms with Crippen molar-refractivity contribution < 1.29 is 25.2 Å². The van der Waals surface area contributed by atoms with Crippen molar-refractivity contribution in [1.29, 1.82) is 0 Å². The second-order valence-electron chi connectivity index (χ2n) is 3.37. The number of carbonyl (C=O) groups excluding carboxylic acids is 1. The van der Waals surface area contributed by atoms with Crippen LogP contribution in [0.5, 0.6) is 23.0 Å². The molecule has 19 heavy (non-hydrogen) atoms. The monoisotopic (exact) mass is 265 g/mol. The summed E-state index contributed by atoms with van der Waals surface area (Å²) in [6.07, 6.45) is 1.65. The van der Waals surface area contributed by atoms with Crippen molar-refractivity contribution in [3.63, 3.8) is 0 Å². The van der Waals surface area contributed by atoms with E-state index in [4.69, 9.17) is 20.4 Å². The first-order valence-corrected chi connectivity index (χ1v) is 5.03. The second-order valence-corrected chi connectivity index (χ2v) is 3.37. The molecule has 1 heterocycles. The number of H-pyrrole nitrogens is 1. The van der Waals surface area contributed by atoms with Crippen LogP contribution in [0.3, 0.4) is 0 Å². The van der Waals surface area contributed by atoms with Crippen LogP contribution in [0.15, 0.2) is 35.3 Å². The van der Waals surface area contributed by atoms with Crippen molar-refractivity contribution >= 4 is 6.29 Å². The quantitative estimate of drug-likeness (QED) is 0.482. The van der Waals surface area contributed by atoms with Crippen LogP contribution in [0.4, 0.5) is 0 Å². The molecule has 1 aromatic heterocycles. The molecule has 0 saturated carbocycles. The number of aldehydes is 1. The molecule has 2 rings (SSSR count). The molecule has 7 heteroatoms. The first-order chi connectivity index (χ1) is 8.97. The number of phenols is 2. The van der Waals surface area contributed by atoms with Crippen LogP contribution in [0.2, 0.25) is 0 Å². The maximum atomic E-state index is 10.4. The Bertz CT molecular complexity index is 614. The van der Waals surface area contributed by atoms with Crippen LogP contribution in [0.1, 0.15) is 10.4 Å². The number of hydrogen-bond donors (Lipinski definition) is 5. The number of pyridine rings is 1. The molecule has 5 N–H and O–H groups in total. The van der Waals surface area contributed by atoms with Gasteiger partial charge < -0.3 is 25.4 Å². The Labute approximate surface area is 107 Å². The molecule has 1 aromatic carbocycles. The van der Waals surface area contributed by atoms with Crippen molar-refractivity contribution in [3.8, 4) is 23.0 Å². The van der Waals surface area contributed by atoms with Gasteiger partial charge in [0.25, 0.3) is 5.56 Å². The van der Waals surface area contributed by atoms with Gasteiger partial charge in [-0.1, -0.05) is 6.07 Å². The van der Waals surface area contributed by atoms with E-state index in [2.05, 4.69) is 4.98 Å². The molecular weight excluding hydrogens is 254 g/mol. The first kappa shape index (κ1) is 14.1. The summed E-state index contributed by atoms with van der Waals surface area (Å²) in [5, 5.41) is 35.0. The molecular formula is C12H11NO6. The van der Waals surface area contributed by atoms with Crippen molar-refractivity contribution in [2.75, 3.05) is 0 Å². The van der Waals surface area contributed by atoms with E-state index >= 15 is 0 Å². The lowest BCUT2D eigenvalue weighted by Crippen LogP contribution is -2.02. The van der Waals surface area contributed by atoms with Crippen LogP contribution in [-0.2, 0) is 0 Å². The highest BCUT2D eigenvalue weighted by Gasteiger charge is 2.03. The number of hydrogen-bond acceptors (Lipinski definition) is 6. The van der Waals surface area contributed by atoms with Gasteiger partial charge in [-0.05, 0) is 12.1 Å². The molecule has 0 spiro atoms. The molecule has 0 aliphatic carbocycles. The maximum Gasteiger partial charge on any atom is 0.294 e. The Balaban J connectivity index is 0.000000191. The third kappa shape index (κ3) is 3.50. The lowest BCUT2D eigenvalue weighted by Gasteiger charge is -1.97. The number of aromatic hydroxyl groups is 4. The fourth-order valence-corrected chi connectivity index (χ4v) is 1.12. The Morgan fingerprint density at radius 3 is 1.89 bits per heavy atom. The number of aromatic amines is 1. The predicted octanol–water partition coefficient (Wildman–Crippen LogP) is 0.696. The third-order valence-electron chi connectivity index (χ3n) is 2.09. The number of benzene rings is 1. The average Bonchev–Trinajstić information content (AvgIpc) is 2.37. The Hall–Kier alpha value is -2.96. The lowest BCUT2D eigenvalue weighted by molar-refractivity contribution is 0.111. The molecule has 0 fully saturated rings. The molecule has 0 aliphatic rings. The van der Waals surface area contributed by atoms with Crippen molar-refractivity contribution in [2.45, 2.75) is 0 Å². The minimum absolute atomic E-state index is 0.0671. The topological polar surface area (TPSA) is 131 Å². The summed E-state index contributed by atoms with van der Waals surface area (Å²) < 4.78 is 0. The molecule has 0 atom stereocenters. The van der Waals surface area contributed by atoms with Gasteiger partial charge in [-0.2, -0.15) is 0 Å². The Morgan fingerprint density at radius 2 is 1.53 bits per heavy atom. The van der Waals surface area contributed by atoms with Gasteiger partial charge in [-0.3, -0.25) is 9.59 Å². The van der Waals surface area contributed by atoms with E-state index in [0.717, 1.165) is 0 Å². The molecule has 2 aromatic rings. The first-order valence-electron chi connectivity index (χ1n) is 5.03. The van der Waals surface area contributed by atoms with Gasteiger partial charge in [0.1, 0.15) is 11.5 Å². The summed E-state index contributed by atoms with van der Waals surface area (Å²) in [6, 6.07) is 5.32. The number of rotatable bonds is 1. The lowest BCUT2D eigenvalue weighted by atomic mass is 10.2. The van der Waals surface area contributed by atoms with Gasteiger partial charge in [0.05, 0.1) is 5.56 Å². The van der Waals surface area contributed by atoms with E-state index in [1.807, 2.05) is 0 Å². The Morgan fingerprint density at radius 1 is 0.947 bits per heavy atom. The summed E-state index contributed by atoms with van der Waals surface area (Å²) in [5.41, 5.74) is -0.752. The summed E-state index contributed by atoms with van der Waals surface area (Å²) in [7, 11) is 0. The molecule has 0 bridgehead atoms. The van der Waals surface area contributed by atoms with E-state index < -0.39 is 17.1 Å². The van der Waals surface area contributed by atoms with Crippen molar-refractivity contribution in [2.24, 2.45) is 0 Å². The highest BCUT2D eigenvalue weighted by molar-refractivity contribution is 5.83. The zero-order chi connectivity index (χ0) is 14.4. The smallest absolute Gasteiger partial charge is 0.294 e. The largest absolute Gasteiger partial charge is 0.507 e. The standard InChI is InChI=1S/C7H6O3.C5H5NO3/c8-4-5-6(9)2-1-3-7(5)10;7-3-1-2-6-5(9)4(3)8/h1-4,9-10H;1-2,8H,(H2,6,7,9). The van der Waals surface area contributed by atoms with Gasteiger partial charge in [-0.15, -0.1) is 0 Å². The van der Waals surface area contributed by atoms with Crippen LogP contribution >= 0.6 is 0 Å². The fourth-order valence-electron chi connectivity index (χ4n) is 1.12. The zero-order valence-corrected chi connectivity index (χ0v) is 9.57. The molecule has 0 aliphatic heterocycles.